The SMILES string of the molecule is C=CC(=O)Nc1cccc(NC2(C)N=CC(F)=C(Nc3cccc(C)c3)N2)c1. The summed E-state index contributed by atoms with van der Waals surface area (Å²) in [5.74, 6) is -1.56. The number of amides is 1. The normalized spacial score (nSPS) is 18.2. The van der Waals surface area contributed by atoms with Crippen molar-refractivity contribution in [3.05, 3.63) is 78.4 Å². The summed E-state index contributed by atoms with van der Waals surface area (Å²) >= 11 is 0. The fourth-order valence-corrected chi connectivity index (χ4v) is 2.76. The number of nitrogens with zero attached hydrogens (tertiary/aromatic N) is 1. The smallest absolute Gasteiger partial charge is 0.247 e. The Kier molecular flexibility index (Phi) is 5.44. The second-order valence-corrected chi connectivity index (χ2v) is 6.57. The molecule has 7 heteroatoms. The van der Waals surface area contributed by atoms with Crippen molar-refractivity contribution in [3.8, 4) is 0 Å². The highest BCUT2D eigenvalue weighted by molar-refractivity contribution is 5.99. The van der Waals surface area contributed by atoms with Crippen molar-refractivity contribution in [2.75, 3.05) is 16.0 Å². The monoisotopic (exact) mass is 379 g/mol. The van der Waals surface area contributed by atoms with E-state index in [0.717, 1.165) is 11.3 Å². The molecule has 2 aromatic carbocycles. The van der Waals surface area contributed by atoms with E-state index in [1.54, 1.807) is 25.1 Å². The number of halogens is 1. The van der Waals surface area contributed by atoms with Crippen molar-refractivity contribution >= 4 is 29.2 Å². The molecule has 1 unspecified atom stereocenters. The predicted molar refractivity (Wildman–Crippen MR) is 112 cm³/mol. The molecule has 1 heterocycles. The van der Waals surface area contributed by atoms with E-state index in [4.69, 9.17) is 0 Å². The van der Waals surface area contributed by atoms with Gasteiger partial charge in [0.2, 0.25) is 11.7 Å². The van der Waals surface area contributed by atoms with Crippen LogP contribution in [-0.2, 0) is 4.79 Å². The van der Waals surface area contributed by atoms with Crippen molar-refractivity contribution in [2.45, 2.75) is 19.6 Å². The molecule has 1 atom stereocenters. The Labute approximate surface area is 163 Å². The minimum atomic E-state index is -0.983. The maximum atomic E-state index is 14.3. The Hall–Kier alpha value is -3.61. The third kappa shape index (κ3) is 4.76. The lowest BCUT2D eigenvalue weighted by Crippen LogP contribution is -2.50. The zero-order valence-electron chi connectivity index (χ0n) is 15.7. The molecule has 3 rings (SSSR count). The van der Waals surface area contributed by atoms with Gasteiger partial charge in [0.25, 0.3) is 0 Å². The molecule has 1 aliphatic heterocycles. The van der Waals surface area contributed by atoms with E-state index >= 15 is 0 Å². The number of carbonyl (C=O) groups is 1. The third-order valence-corrected chi connectivity index (χ3v) is 4.03. The Balaban J connectivity index is 1.75. The van der Waals surface area contributed by atoms with Gasteiger partial charge in [0.1, 0.15) is 5.82 Å². The summed E-state index contributed by atoms with van der Waals surface area (Å²) in [5.41, 5.74) is 3.14. The topological polar surface area (TPSA) is 77.5 Å². The van der Waals surface area contributed by atoms with E-state index in [1.165, 1.54) is 12.3 Å². The number of nitrogens with one attached hydrogen (secondary N) is 4. The number of anilines is 3. The van der Waals surface area contributed by atoms with E-state index in [0.29, 0.717) is 11.4 Å². The van der Waals surface area contributed by atoms with Gasteiger partial charge in [-0.05, 0) is 55.8 Å². The molecule has 1 aliphatic rings. The van der Waals surface area contributed by atoms with Crippen LogP contribution in [0.4, 0.5) is 21.5 Å². The van der Waals surface area contributed by atoms with Gasteiger partial charge in [-0.15, -0.1) is 0 Å². The molecule has 0 saturated carbocycles. The van der Waals surface area contributed by atoms with E-state index in [1.807, 2.05) is 37.3 Å². The van der Waals surface area contributed by atoms with Gasteiger partial charge in [0, 0.05) is 17.1 Å². The second kappa shape index (κ2) is 7.96. The van der Waals surface area contributed by atoms with Gasteiger partial charge in [0.05, 0.1) is 6.21 Å². The molecular formula is C21H22FN5O. The molecule has 0 fully saturated rings. The second-order valence-electron chi connectivity index (χ2n) is 6.57. The van der Waals surface area contributed by atoms with Gasteiger partial charge >= 0.3 is 0 Å². The number of aliphatic imine (C=N–C) groups is 1. The lowest BCUT2D eigenvalue weighted by Gasteiger charge is -2.33. The Morgan fingerprint density at radius 3 is 2.64 bits per heavy atom. The molecule has 0 aliphatic carbocycles. The predicted octanol–water partition coefficient (Wildman–Crippen LogP) is 4.13. The lowest BCUT2D eigenvalue weighted by atomic mass is 10.2. The minimum Gasteiger partial charge on any atom is -0.344 e. The standard InChI is InChI=1S/C21H22FN5O/c1-4-19(28)24-16-9-6-10-17(12-16)26-21(3)23-13-18(22)20(27-21)25-15-8-5-7-14(2)11-15/h4-13,25-27H,1H2,2-3H3,(H,24,28). The minimum absolute atomic E-state index is 0.215. The van der Waals surface area contributed by atoms with E-state index in [2.05, 4.69) is 32.8 Å². The van der Waals surface area contributed by atoms with Gasteiger partial charge in [0.15, 0.2) is 5.83 Å². The van der Waals surface area contributed by atoms with Crippen LogP contribution in [0.2, 0.25) is 0 Å². The van der Waals surface area contributed by atoms with Crippen molar-refractivity contribution in [1.29, 1.82) is 0 Å². The number of carbonyl (C=O) groups excluding carboxylic acids is 1. The number of hydrogen-bond acceptors (Lipinski definition) is 5. The molecule has 0 spiro atoms. The quantitative estimate of drug-likeness (QED) is 0.569. The molecule has 0 saturated heterocycles. The zero-order valence-corrected chi connectivity index (χ0v) is 15.7. The van der Waals surface area contributed by atoms with Gasteiger partial charge in [-0.1, -0.05) is 24.8 Å². The summed E-state index contributed by atoms with van der Waals surface area (Å²) in [7, 11) is 0. The molecule has 28 heavy (non-hydrogen) atoms. The Morgan fingerprint density at radius 2 is 1.89 bits per heavy atom. The fourth-order valence-electron chi connectivity index (χ4n) is 2.76. The van der Waals surface area contributed by atoms with Gasteiger partial charge < -0.3 is 21.3 Å². The largest absolute Gasteiger partial charge is 0.344 e. The highest BCUT2D eigenvalue weighted by atomic mass is 19.1. The van der Waals surface area contributed by atoms with Crippen molar-refractivity contribution in [3.63, 3.8) is 0 Å². The molecule has 0 aromatic heterocycles. The number of aryl methyl sites for hydroxylation is 1. The molecule has 144 valence electrons. The van der Waals surface area contributed by atoms with Gasteiger partial charge in [-0.3, -0.25) is 4.79 Å². The van der Waals surface area contributed by atoms with Gasteiger partial charge in [-0.25, -0.2) is 9.38 Å². The first-order valence-corrected chi connectivity index (χ1v) is 8.75. The highest BCUT2D eigenvalue weighted by Crippen LogP contribution is 2.24. The molecule has 2 aromatic rings. The average molecular weight is 379 g/mol. The molecule has 4 N–H and O–H groups in total. The third-order valence-electron chi connectivity index (χ3n) is 4.03. The zero-order chi connectivity index (χ0) is 20.1. The average Bonchev–Trinajstić information content (AvgIpc) is 2.65. The molecule has 6 nitrogen and oxygen atoms in total. The van der Waals surface area contributed by atoms with Crippen LogP contribution in [0, 0.1) is 6.92 Å². The van der Waals surface area contributed by atoms with Crippen LogP contribution in [0.3, 0.4) is 0 Å². The lowest BCUT2D eigenvalue weighted by molar-refractivity contribution is -0.111. The fraction of sp³-hybridized carbons (Fsp3) is 0.143. The van der Waals surface area contributed by atoms with Crippen LogP contribution >= 0.6 is 0 Å². The maximum Gasteiger partial charge on any atom is 0.247 e. The first kappa shape index (κ1) is 19.2. The summed E-state index contributed by atoms with van der Waals surface area (Å²) < 4.78 is 14.3. The number of allylic oxidation sites excluding steroid dienone is 1. The summed E-state index contributed by atoms with van der Waals surface area (Å²) in [6.45, 7) is 7.18. The maximum absolute atomic E-state index is 14.3. The first-order valence-electron chi connectivity index (χ1n) is 8.75. The molecule has 1 amide bonds. The van der Waals surface area contributed by atoms with E-state index in [9.17, 15) is 9.18 Å². The number of rotatable bonds is 6. The summed E-state index contributed by atoms with van der Waals surface area (Å²) in [5, 5.41) is 12.0. The van der Waals surface area contributed by atoms with E-state index < -0.39 is 11.6 Å². The van der Waals surface area contributed by atoms with Crippen LogP contribution in [0.25, 0.3) is 0 Å². The summed E-state index contributed by atoms with van der Waals surface area (Å²) in [4.78, 5) is 15.7. The number of benzene rings is 2. The molecule has 0 bridgehead atoms. The number of hydrogen-bond donors (Lipinski definition) is 4. The van der Waals surface area contributed by atoms with Crippen molar-refractivity contribution in [1.82, 2.24) is 5.32 Å². The van der Waals surface area contributed by atoms with Crippen molar-refractivity contribution in [2.24, 2.45) is 4.99 Å². The van der Waals surface area contributed by atoms with Gasteiger partial charge in [-0.2, -0.15) is 0 Å². The highest BCUT2D eigenvalue weighted by Gasteiger charge is 2.28. The van der Waals surface area contributed by atoms with E-state index in [-0.39, 0.29) is 11.7 Å². The van der Waals surface area contributed by atoms with Crippen molar-refractivity contribution < 1.29 is 9.18 Å². The van der Waals surface area contributed by atoms with Crippen LogP contribution < -0.4 is 21.3 Å². The van der Waals surface area contributed by atoms with Crippen LogP contribution in [0.5, 0.6) is 0 Å². The summed E-state index contributed by atoms with van der Waals surface area (Å²) in [6.07, 6.45) is 2.37. The molecular weight excluding hydrogens is 357 g/mol. The summed E-state index contributed by atoms with van der Waals surface area (Å²) in [6, 6.07) is 14.8. The van der Waals surface area contributed by atoms with Crippen LogP contribution in [0.1, 0.15) is 12.5 Å². The Morgan fingerprint density at radius 1 is 1.18 bits per heavy atom. The Bertz CT molecular complexity index is 969. The molecule has 0 radical (unpaired) electrons. The van der Waals surface area contributed by atoms with Crippen LogP contribution in [-0.4, -0.2) is 17.9 Å². The van der Waals surface area contributed by atoms with Crippen LogP contribution in [0.15, 0.2) is 77.8 Å². The first-order chi connectivity index (χ1) is 13.4.